The van der Waals surface area contributed by atoms with Crippen molar-refractivity contribution in [2.75, 3.05) is 30.5 Å². The van der Waals surface area contributed by atoms with Crippen LogP contribution < -0.4 is 15.0 Å². The maximum atomic E-state index is 12.1. The van der Waals surface area contributed by atoms with E-state index in [1.807, 2.05) is 0 Å². The van der Waals surface area contributed by atoms with E-state index in [1.165, 1.54) is 7.11 Å². The van der Waals surface area contributed by atoms with Gasteiger partial charge in [-0.1, -0.05) is 12.1 Å². The van der Waals surface area contributed by atoms with Gasteiger partial charge in [-0.2, -0.15) is 0 Å². The molecule has 2 amide bonds. The first-order valence-electron chi connectivity index (χ1n) is 8.59. The summed E-state index contributed by atoms with van der Waals surface area (Å²) in [6.07, 6.45) is 1.42. The van der Waals surface area contributed by atoms with Crippen LogP contribution in [0.25, 0.3) is 0 Å². The second-order valence-corrected chi connectivity index (χ2v) is 6.02. The molecule has 0 atom stereocenters. The summed E-state index contributed by atoms with van der Waals surface area (Å²) >= 11 is 0. The van der Waals surface area contributed by atoms with Crippen LogP contribution in [0, 0.1) is 0 Å². The molecule has 2 aromatic rings. The zero-order valence-electron chi connectivity index (χ0n) is 14.9. The summed E-state index contributed by atoms with van der Waals surface area (Å²) in [6.45, 7) is 0.298. The van der Waals surface area contributed by atoms with Gasteiger partial charge in [0.15, 0.2) is 6.61 Å². The van der Waals surface area contributed by atoms with Crippen LogP contribution in [-0.2, 0) is 14.3 Å². The van der Waals surface area contributed by atoms with Gasteiger partial charge in [0.25, 0.3) is 5.91 Å². The Morgan fingerprint density at radius 3 is 2.52 bits per heavy atom. The van der Waals surface area contributed by atoms with Crippen molar-refractivity contribution in [1.29, 1.82) is 0 Å². The van der Waals surface area contributed by atoms with Gasteiger partial charge in [-0.15, -0.1) is 0 Å². The molecule has 1 N–H and O–H groups in total. The van der Waals surface area contributed by atoms with Gasteiger partial charge in [0.05, 0.1) is 7.11 Å². The van der Waals surface area contributed by atoms with Crippen molar-refractivity contribution >= 4 is 29.2 Å². The SMILES string of the molecule is COc1ccccc1C(=O)OCC(=O)Nc1ccc(N2CCCC2=O)cc1. The molecule has 7 nitrogen and oxygen atoms in total. The molecule has 0 radical (unpaired) electrons. The molecule has 27 heavy (non-hydrogen) atoms. The van der Waals surface area contributed by atoms with Crippen molar-refractivity contribution in [1.82, 2.24) is 0 Å². The fourth-order valence-electron chi connectivity index (χ4n) is 2.87. The minimum Gasteiger partial charge on any atom is -0.496 e. The molecule has 1 heterocycles. The lowest BCUT2D eigenvalue weighted by Gasteiger charge is -2.16. The van der Waals surface area contributed by atoms with E-state index >= 15 is 0 Å². The zero-order valence-corrected chi connectivity index (χ0v) is 14.9. The highest BCUT2D eigenvalue weighted by Gasteiger charge is 2.21. The summed E-state index contributed by atoms with van der Waals surface area (Å²) in [5.41, 5.74) is 1.62. The van der Waals surface area contributed by atoms with Crippen molar-refractivity contribution in [2.24, 2.45) is 0 Å². The van der Waals surface area contributed by atoms with Crippen LogP contribution in [0.15, 0.2) is 48.5 Å². The Hall–Kier alpha value is -3.35. The predicted molar refractivity (Wildman–Crippen MR) is 99.9 cm³/mol. The third-order valence-corrected chi connectivity index (χ3v) is 4.20. The maximum Gasteiger partial charge on any atom is 0.342 e. The lowest BCUT2D eigenvalue weighted by atomic mass is 10.2. The van der Waals surface area contributed by atoms with Crippen molar-refractivity contribution < 1.29 is 23.9 Å². The Labute approximate surface area is 156 Å². The number of nitrogens with one attached hydrogen (secondary N) is 1. The molecule has 0 aliphatic carbocycles. The number of carbonyl (C=O) groups is 3. The molecule has 1 aliphatic rings. The van der Waals surface area contributed by atoms with Crippen molar-refractivity contribution in [3.8, 4) is 5.75 Å². The van der Waals surface area contributed by atoms with Crippen LogP contribution in [-0.4, -0.2) is 38.0 Å². The van der Waals surface area contributed by atoms with Crippen LogP contribution in [0.1, 0.15) is 23.2 Å². The van der Waals surface area contributed by atoms with Gasteiger partial charge in [-0.05, 0) is 42.8 Å². The summed E-state index contributed by atoms with van der Waals surface area (Å²) in [6, 6.07) is 13.6. The Kier molecular flexibility index (Phi) is 5.71. The number of para-hydroxylation sites is 1. The van der Waals surface area contributed by atoms with Crippen molar-refractivity contribution in [3.05, 3.63) is 54.1 Å². The van der Waals surface area contributed by atoms with E-state index in [2.05, 4.69) is 5.32 Å². The lowest BCUT2D eigenvalue weighted by Crippen LogP contribution is -2.24. The topological polar surface area (TPSA) is 84.9 Å². The second-order valence-electron chi connectivity index (χ2n) is 6.02. The number of rotatable bonds is 6. The molecule has 2 aromatic carbocycles. The number of anilines is 2. The van der Waals surface area contributed by atoms with E-state index in [0.717, 1.165) is 12.1 Å². The fourth-order valence-corrected chi connectivity index (χ4v) is 2.87. The minimum absolute atomic E-state index is 0.107. The van der Waals surface area contributed by atoms with Gasteiger partial charge in [0.2, 0.25) is 5.91 Å². The number of methoxy groups -OCH3 is 1. The molecule has 1 fully saturated rings. The van der Waals surface area contributed by atoms with Crippen LogP contribution in [0.2, 0.25) is 0 Å². The molecule has 0 unspecified atom stereocenters. The summed E-state index contributed by atoms with van der Waals surface area (Å²) in [5, 5.41) is 2.66. The minimum atomic E-state index is -0.634. The number of ether oxygens (including phenoxy) is 2. The molecule has 0 aromatic heterocycles. The molecule has 7 heteroatoms. The number of benzene rings is 2. The predicted octanol–water partition coefficient (Wildman–Crippen LogP) is 2.62. The second kappa shape index (κ2) is 8.35. The smallest absolute Gasteiger partial charge is 0.342 e. The number of carbonyl (C=O) groups excluding carboxylic acids is 3. The summed E-state index contributed by atoms with van der Waals surface area (Å²) < 4.78 is 10.1. The number of esters is 1. The van der Waals surface area contributed by atoms with Gasteiger partial charge < -0.3 is 19.7 Å². The number of nitrogens with zero attached hydrogens (tertiary/aromatic N) is 1. The molecular formula is C20H20N2O5. The first-order valence-corrected chi connectivity index (χ1v) is 8.59. The first-order chi connectivity index (χ1) is 13.1. The summed E-state index contributed by atoms with van der Waals surface area (Å²) in [7, 11) is 1.46. The van der Waals surface area contributed by atoms with E-state index in [9.17, 15) is 14.4 Å². The van der Waals surface area contributed by atoms with Crippen molar-refractivity contribution in [2.45, 2.75) is 12.8 Å². The Morgan fingerprint density at radius 2 is 1.85 bits per heavy atom. The van der Waals surface area contributed by atoms with Crippen LogP contribution in [0.3, 0.4) is 0 Å². The number of hydrogen-bond acceptors (Lipinski definition) is 5. The Morgan fingerprint density at radius 1 is 1.11 bits per heavy atom. The Bertz CT molecular complexity index is 848. The monoisotopic (exact) mass is 368 g/mol. The third kappa shape index (κ3) is 4.44. The molecule has 0 saturated carbocycles. The molecule has 140 valence electrons. The fraction of sp³-hybridized carbons (Fsp3) is 0.250. The zero-order chi connectivity index (χ0) is 19.2. The standard InChI is InChI=1S/C20H20N2O5/c1-26-17-6-3-2-5-16(17)20(25)27-13-18(23)21-14-8-10-15(11-9-14)22-12-4-7-19(22)24/h2-3,5-6,8-11H,4,7,12-13H2,1H3,(H,21,23). The average Bonchev–Trinajstić information content (AvgIpc) is 3.12. The third-order valence-electron chi connectivity index (χ3n) is 4.20. The molecule has 1 aliphatic heterocycles. The van der Waals surface area contributed by atoms with Crippen LogP contribution in [0.5, 0.6) is 5.75 Å². The van der Waals surface area contributed by atoms with Crippen LogP contribution >= 0.6 is 0 Å². The van der Waals surface area contributed by atoms with E-state index < -0.39 is 18.5 Å². The summed E-state index contributed by atoms with van der Waals surface area (Å²) in [4.78, 5) is 37.6. The Balaban J connectivity index is 1.53. The number of amides is 2. The number of hydrogen-bond donors (Lipinski definition) is 1. The highest BCUT2D eigenvalue weighted by atomic mass is 16.5. The van der Waals surface area contributed by atoms with E-state index in [4.69, 9.17) is 9.47 Å². The van der Waals surface area contributed by atoms with Gasteiger partial charge >= 0.3 is 5.97 Å². The normalized spacial score (nSPS) is 13.4. The van der Waals surface area contributed by atoms with Gasteiger partial charge in [0, 0.05) is 24.3 Å². The quantitative estimate of drug-likeness (QED) is 0.793. The van der Waals surface area contributed by atoms with Gasteiger partial charge in [-0.3, -0.25) is 9.59 Å². The average molecular weight is 368 g/mol. The van der Waals surface area contributed by atoms with E-state index in [0.29, 0.717) is 24.4 Å². The largest absolute Gasteiger partial charge is 0.496 e. The molecule has 0 spiro atoms. The first kappa shape index (κ1) is 18.4. The van der Waals surface area contributed by atoms with Gasteiger partial charge in [0.1, 0.15) is 11.3 Å². The molecule has 1 saturated heterocycles. The molecular weight excluding hydrogens is 348 g/mol. The van der Waals surface area contributed by atoms with E-state index in [-0.39, 0.29) is 11.5 Å². The summed E-state index contributed by atoms with van der Waals surface area (Å²) in [5.74, 6) is -0.598. The molecule has 3 rings (SSSR count). The lowest BCUT2D eigenvalue weighted by molar-refractivity contribution is -0.119. The highest BCUT2D eigenvalue weighted by molar-refractivity contribution is 5.98. The highest BCUT2D eigenvalue weighted by Crippen LogP contribution is 2.23. The van der Waals surface area contributed by atoms with E-state index in [1.54, 1.807) is 53.4 Å². The van der Waals surface area contributed by atoms with Crippen molar-refractivity contribution in [3.63, 3.8) is 0 Å². The maximum absolute atomic E-state index is 12.1. The molecule has 0 bridgehead atoms. The van der Waals surface area contributed by atoms with Gasteiger partial charge in [-0.25, -0.2) is 4.79 Å². The van der Waals surface area contributed by atoms with Crippen LogP contribution in [0.4, 0.5) is 11.4 Å².